The molecular formula is C23H25N5O4. The van der Waals surface area contributed by atoms with Gasteiger partial charge in [0.2, 0.25) is 0 Å². The van der Waals surface area contributed by atoms with Gasteiger partial charge < -0.3 is 20.2 Å². The zero-order valence-electron chi connectivity index (χ0n) is 17.8. The Bertz CT molecular complexity index is 1160. The van der Waals surface area contributed by atoms with Gasteiger partial charge in [0.25, 0.3) is 11.5 Å². The second-order valence-corrected chi connectivity index (χ2v) is 7.51. The molecule has 9 nitrogen and oxygen atoms in total. The van der Waals surface area contributed by atoms with Crippen LogP contribution in [0.25, 0.3) is 11.4 Å². The molecule has 32 heavy (non-hydrogen) atoms. The zero-order chi connectivity index (χ0) is 22.5. The van der Waals surface area contributed by atoms with Gasteiger partial charge in [-0.05, 0) is 43.2 Å². The molecule has 0 unspecified atom stereocenters. The standard InChI is InChI=1S/C23H25N5O4/c1-2-31-20-11-15(3-4-19(20)32-14-21(24)29)12-28-10-7-17-18(13-28)26-22(27-23(17)30)16-5-8-25-9-6-16/h3-6,8-9,11H,2,7,10,12-14H2,1H3,(H2,24,29)(H,26,27,30). The van der Waals surface area contributed by atoms with Crippen molar-refractivity contribution in [1.82, 2.24) is 19.9 Å². The van der Waals surface area contributed by atoms with E-state index in [-0.39, 0.29) is 12.2 Å². The van der Waals surface area contributed by atoms with E-state index in [1.807, 2.05) is 31.2 Å². The lowest BCUT2D eigenvalue weighted by molar-refractivity contribution is -0.119. The summed E-state index contributed by atoms with van der Waals surface area (Å²) in [5.41, 5.74) is 8.47. The van der Waals surface area contributed by atoms with Gasteiger partial charge in [-0.25, -0.2) is 4.98 Å². The summed E-state index contributed by atoms with van der Waals surface area (Å²) >= 11 is 0. The summed E-state index contributed by atoms with van der Waals surface area (Å²) in [6, 6.07) is 9.27. The first-order valence-electron chi connectivity index (χ1n) is 10.4. The normalized spacial score (nSPS) is 13.4. The van der Waals surface area contributed by atoms with E-state index in [1.54, 1.807) is 18.5 Å². The van der Waals surface area contributed by atoms with Gasteiger partial charge in [0.15, 0.2) is 18.1 Å². The zero-order valence-corrected chi connectivity index (χ0v) is 17.8. The first kappa shape index (κ1) is 21.5. The third kappa shape index (κ3) is 4.94. The minimum atomic E-state index is -0.544. The van der Waals surface area contributed by atoms with Crippen LogP contribution in [0.3, 0.4) is 0 Å². The van der Waals surface area contributed by atoms with Gasteiger partial charge in [-0.3, -0.25) is 19.5 Å². The molecular weight excluding hydrogens is 410 g/mol. The Kier molecular flexibility index (Phi) is 6.46. The lowest BCUT2D eigenvalue weighted by Crippen LogP contribution is -2.35. The molecule has 9 heteroatoms. The molecule has 0 atom stereocenters. The highest BCUT2D eigenvalue weighted by atomic mass is 16.5. The molecule has 4 rings (SSSR count). The predicted molar refractivity (Wildman–Crippen MR) is 118 cm³/mol. The topological polar surface area (TPSA) is 123 Å². The van der Waals surface area contributed by atoms with E-state index in [2.05, 4.69) is 14.9 Å². The SMILES string of the molecule is CCOc1cc(CN2CCc3c(nc(-c4ccncc4)[nH]c3=O)C2)ccc1OCC(N)=O. The molecule has 0 aliphatic carbocycles. The van der Waals surface area contributed by atoms with E-state index < -0.39 is 5.91 Å². The molecule has 1 aliphatic heterocycles. The monoisotopic (exact) mass is 435 g/mol. The lowest BCUT2D eigenvalue weighted by Gasteiger charge is -2.28. The Morgan fingerprint density at radius 2 is 2.00 bits per heavy atom. The van der Waals surface area contributed by atoms with E-state index in [1.165, 1.54) is 0 Å². The van der Waals surface area contributed by atoms with Gasteiger partial charge in [-0.1, -0.05) is 6.07 Å². The highest BCUT2D eigenvalue weighted by Crippen LogP contribution is 2.29. The molecule has 166 valence electrons. The maximum atomic E-state index is 12.6. The number of rotatable bonds is 8. The van der Waals surface area contributed by atoms with Crippen LogP contribution in [-0.4, -0.2) is 45.5 Å². The Balaban J connectivity index is 1.52. The maximum Gasteiger partial charge on any atom is 0.255 e. The number of nitrogens with two attached hydrogens (primary N) is 1. The Morgan fingerprint density at radius 1 is 1.19 bits per heavy atom. The quantitative estimate of drug-likeness (QED) is 0.551. The van der Waals surface area contributed by atoms with Crippen LogP contribution in [0, 0.1) is 0 Å². The van der Waals surface area contributed by atoms with Crippen molar-refractivity contribution in [3.63, 3.8) is 0 Å². The van der Waals surface area contributed by atoms with Crippen molar-refractivity contribution >= 4 is 5.91 Å². The van der Waals surface area contributed by atoms with Crippen LogP contribution in [0.15, 0.2) is 47.5 Å². The van der Waals surface area contributed by atoms with Crippen molar-refractivity contribution in [3.05, 3.63) is 69.9 Å². The third-order valence-electron chi connectivity index (χ3n) is 5.19. The first-order valence-corrected chi connectivity index (χ1v) is 10.4. The molecule has 0 spiro atoms. The average Bonchev–Trinajstić information content (AvgIpc) is 2.79. The molecule has 0 saturated carbocycles. The van der Waals surface area contributed by atoms with E-state index in [0.717, 1.165) is 28.9 Å². The van der Waals surface area contributed by atoms with Crippen molar-refractivity contribution in [2.45, 2.75) is 26.4 Å². The maximum absolute atomic E-state index is 12.6. The third-order valence-corrected chi connectivity index (χ3v) is 5.19. The molecule has 0 fully saturated rings. The number of fused-ring (bicyclic) bond motifs is 1. The predicted octanol–water partition coefficient (Wildman–Crippen LogP) is 1.65. The highest BCUT2D eigenvalue weighted by Gasteiger charge is 2.22. The minimum Gasteiger partial charge on any atom is -0.490 e. The number of nitrogens with zero attached hydrogens (tertiary/aromatic N) is 3. The fraction of sp³-hybridized carbons (Fsp3) is 0.304. The number of amides is 1. The van der Waals surface area contributed by atoms with Gasteiger partial charge in [-0.2, -0.15) is 0 Å². The summed E-state index contributed by atoms with van der Waals surface area (Å²) in [6.07, 6.45) is 3.98. The molecule has 1 amide bonds. The second kappa shape index (κ2) is 9.61. The van der Waals surface area contributed by atoms with Gasteiger partial charge >= 0.3 is 0 Å². The van der Waals surface area contributed by atoms with Crippen LogP contribution in [0.2, 0.25) is 0 Å². The fourth-order valence-electron chi connectivity index (χ4n) is 3.72. The molecule has 3 N–H and O–H groups in total. The van der Waals surface area contributed by atoms with Gasteiger partial charge in [0.1, 0.15) is 5.82 Å². The number of aromatic amines is 1. The number of primary amides is 1. The number of aromatic nitrogens is 3. The van der Waals surface area contributed by atoms with E-state index in [9.17, 15) is 9.59 Å². The van der Waals surface area contributed by atoms with Crippen molar-refractivity contribution < 1.29 is 14.3 Å². The summed E-state index contributed by atoms with van der Waals surface area (Å²) in [6.45, 7) is 4.13. The number of H-pyrrole nitrogens is 1. The Hall–Kier alpha value is -3.72. The van der Waals surface area contributed by atoms with E-state index in [0.29, 0.717) is 43.4 Å². The van der Waals surface area contributed by atoms with Crippen molar-refractivity contribution in [2.75, 3.05) is 19.8 Å². The smallest absolute Gasteiger partial charge is 0.255 e. The highest BCUT2D eigenvalue weighted by molar-refractivity contribution is 5.75. The average molecular weight is 435 g/mol. The fourth-order valence-corrected chi connectivity index (χ4v) is 3.72. The van der Waals surface area contributed by atoms with Crippen molar-refractivity contribution in [3.8, 4) is 22.9 Å². The summed E-state index contributed by atoms with van der Waals surface area (Å²) in [5, 5.41) is 0. The second-order valence-electron chi connectivity index (χ2n) is 7.51. The van der Waals surface area contributed by atoms with Gasteiger partial charge in [0, 0.05) is 43.2 Å². The number of benzene rings is 1. The van der Waals surface area contributed by atoms with Gasteiger partial charge in [0.05, 0.1) is 12.3 Å². The molecule has 0 radical (unpaired) electrons. The number of carbonyl (C=O) groups is 1. The molecule has 0 bridgehead atoms. The van der Waals surface area contributed by atoms with Crippen LogP contribution in [0.5, 0.6) is 11.5 Å². The van der Waals surface area contributed by atoms with Crippen LogP contribution in [-0.2, 0) is 24.3 Å². The number of carbonyl (C=O) groups excluding carboxylic acids is 1. The van der Waals surface area contributed by atoms with E-state index in [4.69, 9.17) is 20.2 Å². The number of hydrogen-bond donors (Lipinski definition) is 2. The summed E-state index contributed by atoms with van der Waals surface area (Å²) in [5.74, 6) is 1.05. The Labute approximate surface area is 185 Å². The molecule has 1 aromatic carbocycles. The summed E-state index contributed by atoms with van der Waals surface area (Å²) in [7, 11) is 0. The molecule has 2 aromatic heterocycles. The van der Waals surface area contributed by atoms with Crippen molar-refractivity contribution in [2.24, 2.45) is 5.73 Å². The minimum absolute atomic E-state index is 0.0870. The number of ether oxygens (including phenoxy) is 2. The number of hydrogen-bond acceptors (Lipinski definition) is 7. The first-order chi connectivity index (χ1) is 15.5. The molecule has 3 aromatic rings. The molecule has 0 saturated heterocycles. The summed E-state index contributed by atoms with van der Waals surface area (Å²) < 4.78 is 11.1. The molecule has 1 aliphatic rings. The lowest BCUT2D eigenvalue weighted by atomic mass is 10.0. The number of nitrogens with one attached hydrogen (secondary N) is 1. The summed E-state index contributed by atoms with van der Waals surface area (Å²) in [4.78, 5) is 37.5. The van der Waals surface area contributed by atoms with E-state index >= 15 is 0 Å². The van der Waals surface area contributed by atoms with Crippen LogP contribution in [0.4, 0.5) is 0 Å². The number of pyridine rings is 1. The van der Waals surface area contributed by atoms with Crippen LogP contribution >= 0.6 is 0 Å². The largest absolute Gasteiger partial charge is 0.490 e. The van der Waals surface area contributed by atoms with Crippen molar-refractivity contribution in [1.29, 1.82) is 0 Å². The van der Waals surface area contributed by atoms with Crippen LogP contribution in [0.1, 0.15) is 23.7 Å². The molecule has 3 heterocycles. The Morgan fingerprint density at radius 3 is 2.75 bits per heavy atom. The van der Waals surface area contributed by atoms with Gasteiger partial charge in [-0.15, -0.1) is 0 Å². The van der Waals surface area contributed by atoms with Crippen LogP contribution < -0.4 is 20.8 Å².